The van der Waals surface area contributed by atoms with E-state index < -0.39 is 15.9 Å². The molecule has 1 amide bonds. The minimum absolute atomic E-state index is 0.0331. The first kappa shape index (κ1) is 15.3. The fourth-order valence-corrected chi connectivity index (χ4v) is 2.84. The molecule has 0 spiro atoms. The summed E-state index contributed by atoms with van der Waals surface area (Å²) in [6.07, 6.45) is 0.0331. The van der Waals surface area contributed by atoms with Crippen LogP contribution in [-0.2, 0) is 21.2 Å². The Hall–Kier alpha value is -2.14. The van der Waals surface area contributed by atoms with Gasteiger partial charge in [-0.15, -0.1) is 0 Å². The number of aryl methyl sites for hydroxylation is 2. The molecule has 0 bridgehead atoms. The normalized spacial score (nSPS) is 11.1. The van der Waals surface area contributed by atoms with Gasteiger partial charge in [-0.2, -0.15) is 0 Å². The third-order valence-corrected chi connectivity index (χ3v) is 4.45. The van der Waals surface area contributed by atoms with Gasteiger partial charge in [0.15, 0.2) is 0 Å². The number of carbonyl (C=O) groups is 1. The molecule has 0 aliphatic rings. The maximum absolute atomic E-state index is 12.1. The average Bonchev–Trinajstić information content (AvgIpc) is 2.41. The largest absolute Gasteiger partial charge is 0.274 e. The quantitative estimate of drug-likeness (QED) is 0.943. The molecule has 21 heavy (non-hydrogen) atoms. The second-order valence-electron chi connectivity index (χ2n) is 5.00. The zero-order chi connectivity index (χ0) is 15.5. The Balaban J connectivity index is 2.07. The van der Waals surface area contributed by atoms with Gasteiger partial charge < -0.3 is 0 Å². The second kappa shape index (κ2) is 6.10. The predicted molar refractivity (Wildman–Crippen MR) is 81.4 cm³/mol. The minimum Gasteiger partial charge on any atom is -0.274 e. The highest BCUT2D eigenvalue weighted by atomic mass is 32.2. The Labute approximate surface area is 124 Å². The lowest BCUT2D eigenvalue weighted by atomic mass is 10.1. The molecule has 2 rings (SSSR count). The Kier molecular flexibility index (Phi) is 4.43. The lowest BCUT2D eigenvalue weighted by molar-refractivity contribution is -0.118. The molecule has 0 aliphatic heterocycles. The molecule has 0 saturated heterocycles. The number of hydrogen-bond donors (Lipinski definition) is 1. The van der Waals surface area contributed by atoms with E-state index in [9.17, 15) is 13.2 Å². The van der Waals surface area contributed by atoms with Crippen molar-refractivity contribution in [3.05, 3.63) is 65.2 Å². The number of sulfonamides is 1. The Bertz CT molecular complexity index is 732. The average molecular weight is 303 g/mol. The Morgan fingerprint density at radius 3 is 1.90 bits per heavy atom. The van der Waals surface area contributed by atoms with E-state index in [1.165, 1.54) is 12.1 Å². The van der Waals surface area contributed by atoms with Crippen LogP contribution in [0.2, 0.25) is 0 Å². The molecule has 2 aromatic carbocycles. The van der Waals surface area contributed by atoms with Crippen LogP contribution < -0.4 is 4.72 Å². The van der Waals surface area contributed by atoms with Crippen LogP contribution in [0.25, 0.3) is 0 Å². The lowest BCUT2D eigenvalue weighted by Gasteiger charge is -2.07. The standard InChI is InChI=1S/C16H17NO3S/c1-12-3-7-14(8-4-12)11-16(18)17-21(19,20)15-9-5-13(2)6-10-15/h3-10H,11H2,1-2H3,(H,17,18). The summed E-state index contributed by atoms with van der Waals surface area (Å²) in [5.41, 5.74) is 2.82. The number of nitrogens with one attached hydrogen (secondary N) is 1. The molecular formula is C16H17NO3S. The summed E-state index contributed by atoms with van der Waals surface area (Å²) in [5, 5.41) is 0. The summed E-state index contributed by atoms with van der Waals surface area (Å²) >= 11 is 0. The smallest absolute Gasteiger partial charge is 0.264 e. The van der Waals surface area contributed by atoms with Gasteiger partial charge in [0.1, 0.15) is 0 Å². The van der Waals surface area contributed by atoms with Crippen LogP contribution in [0.3, 0.4) is 0 Å². The number of carbonyl (C=O) groups excluding carboxylic acids is 1. The SMILES string of the molecule is Cc1ccc(CC(=O)NS(=O)(=O)c2ccc(C)cc2)cc1. The molecule has 1 N–H and O–H groups in total. The molecule has 0 radical (unpaired) electrons. The second-order valence-corrected chi connectivity index (χ2v) is 6.69. The predicted octanol–water partition coefficient (Wildman–Crippen LogP) is 2.35. The van der Waals surface area contributed by atoms with Crippen molar-refractivity contribution in [2.75, 3.05) is 0 Å². The van der Waals surface area contributed by atoms with Gasteiger partial charge in [0.25, 0.3) is 10.0 Å². The first-order valence-corrected chi connectivity index (χ1v) is 8.03. The van der Waals surface area contributed by atoms with Crippen molar-refractivity contribution in [3.63, 3.8) is 0 Å². The highest BCUT2D eigenvalue weighted by Crippen LogP contribution is 2.10. The van der Waals surface area contributed by atoms with Gasteiger partial charge in [-0.05, 0) is 31.5 Å². The molecule has 0 unspecified atom stereocenters. The molecular weight excluding hydrogens is 286 g/mol. The molecule has 0 fully saturated rings. The molecule has 0 aliphatic carbocycles. The summed E-state index contributed by atoms with van der Waals surface area (Å²) in [6, 6.07) is 13.8. The van der Waals surface area contributed by atoms with Gasteiger partial charge in [-0.3, -0.25) is 4.79 Å². The molecule has 0 atom stereocenters. The van der Waals surface area contributed by atoms with E-state index in [2.05, 4.69) is 4.72 Å². The topological polar surface area (TPSA) is 63.2 Å². The summed E-state index contributed by atoms with van der Waals surface area (Å²) in [5.74, 6) is -0.542. The molecule has 2 aromatic rings. The zero-order valence-corrected chi connectivity index (χ0v) is 12.8. The third-order valence-electron chi connectivity index (χ3n) is 3.06. The summed E-state index contributed by atoms with van der Waals surface area (Å²) in [4.78, 5) is 12.0. The minimum atomic E-state index is -3.80. The molecule has 110 valence electrons. The number of benzene rings is 2. The van der Waals surface area contributed by atoms with E-state index in [1.54, 1.807) is 12.1 Å². The van der Waals surface area contributed by atoms with Crippen LogP contribution >= 0.6 is 0 Å². The van der Waals surface area contributed by atoms with Crippen molar-refractivity contribution in [2.24, 2.45) is 0 Å². The molecule has 4 nitrogen and oxygen atoms in total. The fourth-order valence-electron chi connectivity index (χ4n) is 1.85. The summed E-state index contributed by atoms with van der Waals surface area (Å²) in [7, 11) is -3.80. The zero-order valence-electron chi connectivity index (χ0n) is 12.0. The van der Waals surface area contributed by atoms with E-state index in [-0.39, 0.29) is 11.3 Å². The molecule has 5 heteroatoms. The first-order chi connectivity index (χ1) is 9.87. The maximum atomic E-state index is 12.1. The number of rotatable bonds is 4. The van der Waals surface area contributed by atoms with Crippen LogP contribution in [0.5, 0.6) is 0 Å². The monoisotopic (exact) mass is 303 g/mol. The van der Waals surface area contributed by atoms with Crippen molar-refractivity contribution >= 4 is 15.9 Å². The first-order valence-electron chi connectivity index (χ1n) is 6.55. The van der Waals surface area contributed by atoms with Crippen LogP contribution in [0, 0.1) is 13.8 Å². The van der Waals surface area contributed by atoms with Gasteiger partial charge >= 0.3 is 0 Å². The van der Waals surface area contributed by atoms with Crippen molar-refractivity contribution in [1.29, 1.82) is 0 Å². The summed E-state index contributed by atoms with van der Waals surface area (Å²) < 4.78 is 26.2. The van der Waals surface area contributed by atoms with Crippen molar-refractivity contribution < 1.29 is 13.2 Å². The number of hydrogen-bond acceptors (Lipinski definition) is 3. The van der Waals surface area contributed by atoms with Crippen LogP contribution in [0.1, 0.15) is 16.7 Å². The maximum Gasteiger partial charge on any atom is 0.264 e. The third kappa shape index (κ3) is 4.16. The van der Waals surface area contributed by atoms with E-state index in [0.29, 0.717) is 0 Å². The fraction of sp³-hybridized carbons (Fsp3) is 0.188. The highest BCUT2D eigenvalue weighted by Gasteiger charge is 2.17. The van der Waals surface area contributed by atoms with Gasteiger partial charge in [-0.1, -0.05) is 47.5 Å². The van der Waals surface area contributed by atoms with Crippen molar-refractivity contribution in [1.82, 2.24) is 4.72 Å². The Morgan fingerprint density at radius 1 is 0.905 bits per heavy atom. The van der Waals surface area contributed by atoms with Gasteiger partial charge in [0.2, 0.25) is 5.91 Å². The van der Waals surface area contributed by atoms with Gasteiger partial charge in [-0.25, -0.2) is 13.1 Å². The van der Waals surface area contributed by atoms with E-state index in [1.807, 2.05) is 38.1 Å². The summed E-state index contributed by atoms with van der Waals surface area (Å²) in [6.45, 7) is 3.82. The van der Waals surface area contributed by atoms with Crippen LogP contribution in [0.4, 0.5) is 0 Å². The molecule has 0 heterocycles. The van der Waals surface area contributed by atoms with Crippen molar-refractivity contribution in [2.45, 2.75) is 25.2 Å². The lowest BCUT2D eigenvalue weighted by Crippen LogP contribution is -2.31. The van der Waals surface area contributed by atoms with Gasteiger partial charge in [0, 0.05) is 0 Å². The van der Waals surface area contributed by atoms with E-state index in [0.717, 1.165) is 16.7 Å². The Morgan fingerprint density at radius 2 is 1.38 bits per heavy atom. The molecule has 0 saturated carbocycles. The van der Waals surface area contributed by atoms with Crippen molar-refractivity contribution in [3.8, 4) is 0 Å². The van der Waals surface area contributed by atoms with E-state index in [4.69, 9.17) is 0 Å². The highest BCUT2D eigenvalue weighted by molar-refractivity contribution is 7.90. The molecule has 0 aromatic heterocycles. The van der Waals surface area contributed by atoms with E-state index >= 15 is 0 Å². The van der Waals surface area contributed by atoms with Crippen LogP contribution in [0.15, 0.2) is 53.4 Å². The van der Waals surface area contributed by atoms with Crippen LogP contribution in [-0.4, -0.2) is 14.3 Å². The number of amides is 1. The van der Waals surface area contributed by atoms with Gasteiger partial charge in [0.05, 0.1) is 11.3 Å².